The zero-order chi connectivity index (χ0) is 15.5. The third-order valence-corrected chi connectivity index (χ3v) is 3.31. The Morgan fingerprint density at radius 2 is 2.27 bits per heavy atom. The van der Waals surface area contributed by atoms with Crippen LogP contribution in [-0.4, -0.2) is 39.6 Å². The van der Waals surface area contributed by atoms with E-state index in [0.717, 1.165) is 0 Å². The van der Waals surface area contributed by atoms with Crippen molar-refractivity contribution in [2.45, 2.75) is 19.4 Å². The van der Waals surface area contributed by atoms with E-state index in [1.807, 2.05) is 12.1 Å². The number of benzene rings is 1. The number of anilines is 2. The van der Waals surface area contributed by atoms with Crippen molar-refractivity contribution in [3.8, 4) is 5.75 Å². The molecule has 1 aliphatic rings. The standard InChI is InChI=1S/C14H15N5O3/c1-9-13(21)19(10-4-2-3-5-11(10)22-9)7-6-12(20)17-14-15-8-16-18-14/h2-5,8-9H,6-7H2,1H3,(H2,15,16,17,18,20). The molecule has 0 spiro atoms. The summed E-state index contributed by atoms with van der Waals surface area (Å²) in [4.78, 5) is 29.5. The number of aromatic amines is 1. The second kappa shape index (κ2) is 5.84. The largest absolute Gasteiger partial charge is 0.479 e. The maximum atomic E-state index is 12.3. The van der Waals surface area contributed by atoms with Crippen LogP contribution in [0.4, 0.5) is 11.6 Å². The molecule has 0 saturated carbocycles. The van der Waals surface area contributed by atoms with Crippen molar-refractivity contribution in [1.29, 1.82) is 0 Å². The van der Waals surface area contributed by atoms with Gasteiger partial charge in [-0.25, -0.2) is 5.10 Å². The first kappa shape index (κ1) is 14.1. The fourth-order valence-corrected chi connectivity index (χ4v) is 2.26. The van der Waals surface area contributed by atoms with Crippen molar-refractivity contribution in [1.82, 2.24) is 15.2 Å². The van der Waals surface area contributed by atoms with Gasteiger partial charge in [-0.1, -0.05) is 12.1 Å². The smallest absolute Gasteiger partial charge is 0.267 e. The maximum absolute atomic E-state index is 12.3. The molecule has 0 fully saturated rings. The highest BCUT2D eigenvalue weighted by Gasteiger charge is 2.31. The molecule has 2 N–H and O–H groups in total. The van der Waals surface area contributed by atoms with E-state index in [9.17, 15) is 9.59 Å². The van der Waals surface area contributed by atoms with E-state index in [1.54, 1.807) is 24.0 Å². The Bertz CT molecular complexity index is 686. The van der Waals surface area contributed by atoms with Crippen LogP contribution in [0.15, 0.2) is 30.6 Å². The first-order chi connectivity index (χ1) is 10.6. The summed E-state index contributed by atoms with van der Waals surface area (Å²) < 4.78 is 5.55. The molecule has 22 heavy (non-hydrogen) atoms. The lowest BCUT2D eigenvalue weighted by atomic mass is 10.1. The van der Waals surface area contributed by atoms with E-state index in [4.69, 9.17) is 4.74 Å². The number of hydrogen-bond acceptors (Lipinski definition) is 5. The molecule has 1 unspecified atom stereocenters. The van der Waals surface area contributed by atoms with Gasteiger partial charge in [0.25, 0.3) is 5.91 Å². The number of H-pyrrole nitrogens is 1. The van der Waals surface area contributed by atoms with Crippen LogP contribution in [0.5, 0.6) is 5.75 Å². The number of aromatic nitrogens is 3. The minimum atomic E-state index is -0.563. The Labute approximate surface area is 126 Å². The van der Waals surface area contributed by atoms with Gasteiger partial charge >= 0.3 is 0 Å². The fourth-order valence-electron chi connectivity index (χ4n) is 2.26. The molecule has 0 bridgehead atoms. The van der Waals surface area contributed by atoms with Gasteiger partial charge in [-0.3, -0.25) is 14.9 Å². The number of para-hydroxylation sites is 2. The molecule has 0 radical (unpaired) electrons. The lowest BCUT2D eigenvalue weighted by molar-refractivity contribution is -0.125. The normalized spacial score (nSPS) is 16.9. The summed E-state index contributed by atoms with van der Waals surface area (Å²) in [5.74, 6) is 0.518. The van der Waals surface area contributed by atoms with E-state index < -0.39 is 6.10 Å². The lowest BCUT2D eigenvalue weighted by Crippen LogP contribution is -2.45. The van der Waals surface area contributed by atoms with E-state index in [-0.39, 0.29) is 30.7 Å². The molecule has 8 nitrogen and oxygen atoms in total. The van der Waals surface area contributed by atoms with Crippen molar-refractivity contribution >= 4 is 23.5 Å². The molecule has 1 aliphatic heterocycles. The maximum Gasteiger partial charge on any atom is 0.267 e. The van der Waals surface area contributed by atoms with Gasteiger partial charge in [0.2, 0.25) is 11.9 Å². The molecule has 0 saturated heterocycles. The number of nitrogens with zero attached hydrogens (tertiary/aromatic N) is 3. The number of carbonyl (C=O) groups is 2. The highest BCUT2D eigenvalue weighted by molar-refractivity contribution is 6.00. The molecule has 8 heteroatoms. The quantitative estimate of drug-likeness (QED) is 0.875. The summed E-state index contributed by atoms with van der Waals surface area (Å²) in [7, 11) is 0. The summed E-state index contributed by atoms with van der Waals surface area (Å²) in [6.45, 7) is 1.96. The lowest BCUT2D eigenvalue weighted by Gasteiger charge is -2.32. The van der Waals surface area contributed by atoms with Gasteiger partial charge in [0, 0.05) is 13.0 Å². The molecule has 1 atom stereocenters. The Hall–Kier alpha value is -2.90. The predicted octanol–water partition coefficient (Wildman–Crippen LogP) is 0.947. The zero-order valence-electron chi connectivity index (χ0n) is 11.9. The van der Waals surface area contributed by atoms with Crippen LogP contribution in [-0.2, 0) is 9.59 Å². The Morgan fingerprint density at radius 1 is 1.45 bits per heavy atom. The first-order valence-corrected chi connectivity index (χ1v) is 6.87. The van der Waals surface area contributed by atoms with Crippen LogP contribution in [0.2, 0.25) is 0 Å². The Morgan fingerprint density at radius 3 is 3.05 bits per heavy atom. The van der Waals surface area contributed by atoms with Crippen LogP contribution >= 0.6 is 0 Å². The van der Waals surface area contributed by atoms with Gasteiger partial charge in [-0.05, 0) is 19.1 Å². The number of hydrogen-bond donors (Lipinski definition) is 2. The van der Waals surface area contributed by atoms with Gasteiger partial charge in [0.1, 0.15) is 12.1 Å². The minimum Gasteiger partial charge on any atom is -0.479 e. The van der Waals surface area contributed by atoms with Crippen LogP contribution in [0, 0.1) is 0 Å². The molecule has 0 aliphatic carbocycles. The van der Waals surface area contributed by atoms with Crippen LogP contribution in [0.1, 0.15) is 13.3 Å². The number of carbonyl (C=O) groups excluding carboxylic acids is 2. The number of amides is 2. The minimum absolute atomic E-state index is 0.146. The van der Waals surface area contributed by atoms with Crippen LogP contribution in [0.25, 0.3) is 0 Å². The number of ether oxygens (including phenoxy) is 1. The number of rotatable bonds is 4. The van der Waals surface area contributed by atoms with Crippen molar-refractivity contribution in [3.05, 3.63) is 30.6 Å². The molecule has 3 rings (SSSR count). The van der Waals surface area contributed by atoms with Crippen molar-refractivity contribution in [3.63, 3.8) is 0 Å². The third kappa shape index (κ3) is 2.76. The van der Waals surface area contributed by atoms with Crippen LogP contribution < -0.4 is 15.0 Å². The predicted molar refractivity (Wildman–Crippen MR) is 78.5 cm³/mol. The summed E-state index contributed by atoms with van der Waals surface area (Å²) in [5, 5.41) is 8.76. The second-order valence-corrected chi connectivity index (χ2v) is 4.85. The van der Waals surface area contributed by atoms with Gasteiger partial charge < -0.3 is 9.64 Å². The average molecular weight is 301 g/mol. The molecular weight excluding hydrogens is 286 g/mol. The van der Waals surface area contributed by atoms with Gasteiger partial charge in [0.05, 0.1) is 5.69 Å². The van der Waals surface area contributed by atoms with E-state index in [1.165, 1.54) is 6.33 Å². The topological polar surface area (TPSA) is 100 Å². The van der Waals surface area contributed by atoms with E-state index >= 15 is 0 Å². The SMILES string of the molecule is CC1Oc2ccccc2N(CCC(=O)Nc2ncn[nH]2)C1=O. The summed E-state index contributed by atoms with van der Waals surface area (Å²) in [6.07, 6.45) is 0.888. The molecular formula is C14H15N5O3. The Balaban J connectivity index is 1.68. The third-order valence-electron chi connectivity index (χ3n) is 3.31. The molecule has 2 heterocycles. The van der Waals surface area contributed by atoms with Crippen molar-refractivity contribution < 1.29 is 14.3 Å². The van der Waals surface area contributed by atoms with Crippen molar-refractivity contribution in [2.24, 2.45) is 0 Å². The zero-order valence-corrected chi connectivity index (χ0v) is 11.9. The van der Waals surface area contributed by atoms with Gasteiger partial charge in [-0.2, -0.15) is 10.1 Å². The monoisotopic (exact) mass is 301 g/mol. The van der Waals surface area contributed by atoms with E-state index in [2.05, 4.69) is 20.5 Å². The number of fused-ring (bicyclic) bond motifs is 1. The highest BCUT2D eigenvalue weighted by atomic mass is 16.5. The highest BCUT2D eigenvalue weighted by Crippen LogP contribution is 2.33. The first-order valence-electron chi connectivity index (χ1n) is 6.87. The molecule has 1 aromatic carbocycles. The summed E-state index contributed by atoms with van der Waals surface area (Å²) >= 11 is 0. The average Bonchev–Trinajstić information content (AvgIpc) is 3.00. The molecule has 114 valence electrons. The molecule has 1 aromatic heterocycles. The summed E-state index contributed by atoms with van der Waals surface area (Å²) in [6, 6.07) is 7.27. The van der Waals surface area contributed by atoms with Gasteiger partial charge in [0.15, 0.2) is 6.10 Å². The molecule has 2 aromatic rings. The fraction of sp³-hybridized carbons (Fsp3) is 0.286. The number of nitrogens with one attached hydrogen (secondary N) is 2. The van der Waals surface area contributed by atoms with E-state index in [0.29, 0.717) is 11.4 Å². The van der Waals surface area contributed by atoms with Crippen LogP contribution in [0.3, 0.4) is 0 Å². The second-order valence-electron chi connectivity index (χ2n) is 4.85. The molecule has 2 amide bonds. The Kier molecular flexibility index (Phi) is 3.73. The van der Waals surface area contributed by atoms with Crippen molar-refractivity contribution in [2.75, 3.05) is 16.8 Å². The summed E-state index contributed by atoms with van der Waals surface area (Å²) in [5.41, 5.74) is 0.679. The van der Waals surface area contributed by atoms with Gasteiger partial charge in [-0.15, -0.1) is 0 Å².